The average Bonchev–Trinajstić information content (AvgIpc) is 0.773. The molecule has 7 aromatic rings. The number of benzene rings is 7. The number of primary amides is 1. The van der Waals surface area contributed by atoms with E-state index < -0.39 is 193 Å². The van der Waals surface area contributed by atoms with E-state index in [1.54, 1.807) is 44.2 Å². The molecule has 39 heteroatoms. The molecule has 10 unspecified atom stereocenters. The van der Waals surface area contributed by atoms with E-state index in [1.807, 2.05) is 26.0 Å². The molecule has 2 saturated heterocycles. The first-order valence-electron chi connectivity index (χ1n) is 39.2. The molecule has 0 saturated carbocycles. The predicted octanol–water partition coefficient (Wildman–Crippen LogP) is 4.75. The second-order valence-electron chi connectivity index (χ2n) is 30.4. The van der Waals surface area contributed by atoms with Gasteiger partial charge < -0.3 is 139 Å². The number of hydrogen-bond acceptors (Lipinski definition) is 27. The number of rotatable bonds is 22. The van der Waals surface area contributed by atoms with Crippen LogP contribution in [0.1, 0.15) is 118 Å². The third kappa shape index (κ3) is 23.7. The van der Waals surface area contributed by atoms with Crippen molar-refractivity contribution in [1.29, 1.82) is 0 Å². The molecule has 0 spiro atoms. The van der Waals surface area contributed by atoms with Crippen LogP contribution in [0.5, 0.6) is 51.7 Å². The van der Waals surface area contributed by atoms with Gasteiger partial charge in [0.1, 0.15) is 95.7 Å². The molecule has 5 heterocycles. The minimum Gasteiger partial charge on any atom is -0.508 e. The molecular weight excluding hydrogens is 1690 g/mol. The summed E-state index contributed by atoms with van der Waals surface area (Å²) in [6, 6.07) is 19.2. The summed E-state index contributed by atoms with van der Waals surface area (Å²) in [7, 11) is 2.71. The first-order chi connectivity index (χ1) is 58.4. The van der Waals surface area contributed by atoms with E-state index in [0.717, 1.165) is 35.4 Å². The topological polar surface area (TPSA) is 549 Å². The van der Waals surface area contributed by atoms with E-state index in [1.165, 1.54) is 81.7 Å². The van der Waals surface area contributed by atoms with E-state index in [9.17, 15) is 79.2 Å². The summed E-state index contributed by atoms with van der Waals surface area (Å²) in [5.74, 6) is -11.3. The molecule has 17 atom stereocenters. The van der Waals surface area contributed by atoms with Crippen molar-refractivity contribution >= 4 is 93.7 Å². The van der Waals surface area contributed by atoms with Crippen LogP contribution in [0.4, 0.5) is 0 Å². The Hall–Kier alpha value is -10.4. The second kappa shape index (κ2) is 42.3. The number of halogens is 4. The SMILES string of the molecule is CNC(=O)C1NC(=O)[C@@H](C)NC(=O)[C@H](CC(N)=O)NC(=O)[C@H](NC(=O)[C@@H](CC(C)C)NC)[C@H](O)c2ccc(c(Cl)c2)Oc2cccc(c2OC2OC(CN)C(O)C(O)C2OC2CC(C)(NCc3ccc(OCc4ccc(Cl)c(Cl)c4)cc3)C(O)C(C)O2)Oc2ccc(cc2Cl)[C@@H](O)CC(=O)N[C@H](C(=O)NCCN)c2cc(O)cc(O)c2-c2cc1ccc2O. The summed E-state index contributed by atoms with van der Waals surface area (Å²) < 4.78 is 45.1. The zero-order valence-electron chi connectivity index (χ0n) is 67.7. The molecule has 35 nitrogen and oxygen atoms in total. The Balaban J connectivity index is 1.04. The third-order valence-corrected chi connectivity index (χ3v) is 22.1. The Kier molecular flexibility index (Phi) is 32.6. The van der Waals surface area contributed by atoms with Crippen molar-refractivity contribution < 1.29 is 112 Å². The number of amides is 8. The van der Waals surface area contributed by atoms with Crippen molar-refractivity contribution in [2.24, 2.45) is 23.1 Å². The minimum atomic E-state index is -2.07. The molecule has 123 heavy (non-hydrogen) atoms. The monoisotopic (exact) mass is 1780 g/mol. The van der Waals surface area contributed by atoms with Gasteiger partial charge in [0.15, 0.2) is 23.9 Å². The lowest BCUT2D eigenvalue weighted by Gasteiger charge is -2.48. The Bertz CT molecular complexity index is 4990. The number of nitrogens with one attached hydrogen (secondary N) is 9. The molecule has 0 radical (unpaired) electrons. The Morgan fingerprint density at radius 1 is 0.675 bits per heavy atom. The van der Waals surface area contributed by atoms with Crippen molar-refractivity contribution in [3.8, 4) is 62.9 Å². The number of para-hydroxylation sites is 1. The molecule has 8 amide bonds. The fraction of sp³-hybridized carbons (Fsp3) is 0.405. The zero-order chi connectivity index (χ0) is 89.6. The van der Waals surface area contributed by atoms with Crippen molar-refractivity contribution in [1.82, 2.24) is 47.9 Å². The summed E-state index contributed by atoms with van der Waals surface area (Å²) in [4.78, 5) is 113. The van der Waals surface area contributed by atoms with Gasteiger partial charge in [0.2, 0.25) is 59.3 Å². The number of phenols is 3. The molecule has 5 aliphatic heterocycles. The summed E-state index contributed by atoms with van der Waals surface area (Å²) in [5, 5.41) is 118. The first-order valence-corrected chi connectivity index (χ1v) is 40.7. The Morgan fingerprint density at radius 3 is 1.96 bits per heavy atom. The number of fused-ring (bicyclic) bond motifs is 2. The first kappa shape index (κ1) is 94.8. The summed E-state index contributed by atoms with van der Waals surface area (Å²) in [6.45, 7) is 7.91. The van der Waals surface area contributed by atoms with Crippen LogP contribution in [0.2, 0.25) is 20.1 Å². The fourth-order valence-electron chi connectivity index (χ4n) is 14.1. The Morgan fingerprint density at radius 2 is 1.33 bits per heavy atom. The number of phenolic OH excluding ortho intramolecular Hbond substituents is 3. The predicted molar refractivity (Wildman–Crippen MR) is 449 cm³/mol. The molecule has 8 bridgehead atoms. The molecule has 12 rings (SSSR count). The van der Waals surface area contributed by atoms with Crippen LogP contribution in [0.3, 0.4) is 0 Å². The van der Waals surface area contributed by atoms with Crippen LogP contribution in [0.15, 0.2) is 127 Å². The maximum absolute atomic E-state index is 14.9. The van der Waals surface area contributed by atoms with Crippen LogP contribution in [-0.2, 0) is 65.7 Å². The number of carbonyl (C=O) groups excluding carboxylic acids is 8. The number of aliphatic hydroxyl groups is 5. The van der Waals surface area contributed by atoms with Crippen molar-refractivity contribution in [3.05, 3.63) is 181 Å². The van der Waals surface area contributed by atoms with E-state index >= 15 is 0 Å². The van der Waals surface area contributed by atoms with Crippen molar-refractivity contribution in [3.63, 3.8) is 0 Å². The van der Waals surface area contributed by atoms with Crippen molar-refractivity contribution in [2.75, 3.05) is 33.7 Å². The van der Waals surface area contributed by atoms with Gasteiger partial charge in [-0.05, 0) is 152 Å². The smallest absolute Gasteiger partial charge is 0.247 e. The highest BCUT2D eigenvalue weighted by Gasteiger charge is 2.52. The highest BCUT2D eigenvalue weighted by atomic mass is 35.5. The minimum absolute atomic E-state index is 0.00560. The number of nitrogens with two attached hydrogens (primary N) is 3. The molecule has 5 aliphatic rings. The highest BCUT2D eigenvalue weighted by Crippen LogP contribution is 2.48. The molecule has 7 aromatic carbocycles. The molecular formula is C84H100Cl4N12O23. The van der Waals surface area contributed by atoms with E-state index in [4.69, 9.17) is 96.8 Å². The van der Waals surface area contributed by atoms with E-state index in [-0.39, 0.29) is 112 Å². The number of ether oxygens (including phenoxy) is 7. The normalized spacial score (nSPS) is 25.1. The molecule has 23 N–H and O–H groups in total. The molecule has 0 aromatic heterocycles. The highest BCUT2D eigenvalue weighted by molar-refractivity contribution is 6.42. The summed E-state index contributed by atoms with van der Waals surface area (Å²) in [6.07, 6.45) is -17.3. The number of aliphatic hydroxyl groups excluding tert-OH is 5. The average molecular weight is 1790 g/mol. The fourth-order valence-corrected chi connectivity index (χ4v) is 14.9. The van der Waals surface area contributed by atoms with Gasteiger partial charge in [0, 0.05) is 62.4 Å². The van der Waals surface area contributed by atoms with Gasteiger partial charge in [-0.15, -0.1) is 0 Å². The van der Waals surface area contributed by atoms with Crippen LogP contribution in [0, 0.1) is 5.92 Å². The molecule has 662 valence electrons. The van der Waals surface area contributed by atoms with Crippen molar-refractivity contribution in [2.45, 2.75) is 177 Å². The van der Waals surface area contributed by atoms with Crippen LogP contribution in [0.25, 0.3) is 11.1 Å². The van der Waals surface area contributed by atoms with Gasteiger partial charge in [0.05, 0.1) is 57.3 Å². The lowest BCUT2D eigenvalue weighted by Crippen LogP contribution is -2.65. The van der Waals surface area contributed by atoms with Gasteiger partial charge in [-0.3, -0.25) is 38.4 Å². The number of hydrogen-bond donors (Lipinski definition) is 20. The third-order valence-electron chi connectivity index (χ3n) is 20.8. The summed E-state index contributed by atoms with van der Waals surface area (Å²) >= 11 is 26.5. The quantitative estimate of drug-likeness (QED) is 0.0435. The lowest BCUT2D eigenvalue weighted by molar-refractivity contribution is -0.331. The lowest BCUT2D eigenvalue weighted by atomic mass is 9.84. The number of carbonyl (C=O) groups is 8. The van der Waals surface area contributed by atoms with E-state index in [0.29, 0.717) is 15.8 Å². The van der Waals surface area contributed by atoms with Crippen LogP contribution >= 0.6 is 46.4 Å². The maximum atomic E-state index is 14.9. The molecule has 0 aliphatic carbocycles. The van der Waals surface area contributed by atoms with Gasteiger partial charge in [-0.25, -0.2) is 0 Å². The number of likely N-dealkylation sites (N-methyl/N-ethyl adjacent to an activating group) is 2. The van der Waals surface area contributed by atoms with Gasteiger partial charge in [-0.1, -0.05) is 103 Å². The Labute approximate surface area is 727 Å². The van der Waals surface area contributed by atoms with E-state index in [2.05, 4.69) is 47.9 Å². The van der Waals surface area contributed by atoms with Gasteiger partial charge in [0.25, 0.3) is 0 Å². The summed E-state index contributed by atoms with van der Waals surface area (Å²) in [5.41, 5.74) is 16.6. The molecule has 2 fully saturated rings. The van der Waals surface area contributed by atoms with Crippen LogP contribution < -0.4 is 84.0 Å². The number of aromatic hydroxyl groups is 3. The van der Waals surface area contributed by atoms with Crippen LogP contribution in [-0.4, -0.2) is 201 Å². The van der Waals surface area contributed by atoms with Gasteiger partial charge >= 0.3 is 0 Å². The van der Waals surface area contributed by atoms with Gasteiger partial charge in [-0.2, -0.15) is 0 Å². The second-order valence-corrected chi connectivity index (χ2v) is 32.1. The maximum Gasteiger partial charge on any atom is 0.247 e. The zero-order valence-corrected chi connectivity index (χ0v) is 70.8. The largest absolute Gasteiger partial charge is 0.508 e. The standard InChI is InChI=1S/C84H100Cl4N12O23/c1-38(2)25-54(92-6)78(112)100-70-71(107)45-16-22-60(53(88)29-45)120-62-10-8-9-61(74(62)123-83-75(73(109)72(108)63(35-90)121-83)122-66-34-84(5,76(110)40(4)118-66)95-36-41-11-17-47(18-12-41)117-37-42-13-19-50(85)51(86)26-42)119-59-21-15-43(28-52(59)87)57(103)33-65(106)98-69(81(115)94-24-23-89)49-30-46(101)31-58(104)67(49)48-27-44(14-20-56(48)102)68(80(114)93-7)99-77(111)39(3)96-79(113)55(32-64(91)105)97-82(70)116/h8-22,26-31,38-40,54-55,57,63,66,68-73,75-76,83,92,95,101-104,107-110H,23-25,32-37,89-90H2,1-7H3,(H2,91,105)(H,93,114)(H,94,115)(H,96,113)(H,97,116)(H,98,106)(H,99,111)(H,100,112)/t39-,40?,54-,55+,57+,63?,66?,68?,69+,70-,71-,72?,73?,75?,76?,83?,84?/m1/s1.